The van der Waals surface area contributed by atoms with Gasteiger partial charge in [-0.3, -0.25) is 4.79 Å². The monoisotopic (exact) mass is 381 g/mol. The molecule has 0 aliphatic heterocycles. The molecule has 0 saturated heterocycles. The van der Waals surface area contributed by atoms with Crippen molar-refractivity contribution in [1.82, 2.24) is 20.3 Å². The zero-order valence-corrected chi connectivity index (χ0v) is 16.6. The van der Waals surface area contributed by atoms with Gasteiger partial charge in [-0.15, -0.1) is 0 Å². The Bertz CT molecular complexity index is 965. The molecular formula is C20H23N5OS. The number of hydrogen-bond donors (Lipinski definition) is 1. The van der Waals surface area contributed by atoms with Crippen molar-refractivity contribution in [2.45, 2.75) is 44.7 Å². The number of hydrogen-bond acceptors (Lipinski definition) is 6. The molecule has 1 aliphatic carbocycles. The summed E-state index contributed by atoms with van der Waals surface area (Å²) in [6.07, 6.45) is 3.96. The number of carbonyl (C=O) groups is 1. The van der Waals surface area contributed by atoms with Gasteiger partial charge >= 0.3 is 0 Å². The first-order valence-corrected chi connectivity index (χ1v) is 9.96. The van der Waals surface area contributed by atoms with Crippen LogP contribution in [0.15, 0.2) is 36.7 Å². The lowest BCUT2D eigenvalue weighted by Gasteiger charge is -2.33. The van der Waals surface area contributed by atoms with E-state index in [4.69, 9.17) is 0 Å². The third-order valence-corrected chi connectivity index (χ3v) is 6.29. The van der Waals surface area contributed by atoms with Crippen molar-refractivity contribution in [3.8, 4) is 0 Å². The number of rotatable bonds is 6. The summed E-state index contributed by atoms with van der Waals surface area (Å²) in [5.41, 5.74) is 2.16. The van der Waals surface area contributed by atoms with E-state index in [9.17, 15) is 4.79 Å². The molecule has 1 aromatic carbocycles. The predicted octanol–water partition coefficient (Wildman–Crippen LogP) is 3.49. The molecule has 0 spiro atoms. The lowest BCUT2D eigenvalue weighted by atomic mass is 10.0. The number of fused-ring (bicyclic) bond motifs is 1. The van der Waals surface area contributed by atoms with Crippen molar-refractivity contribution >= 4 is 32.7 Å². The van der Waals surface area contributed by atoms with Crippen molar-refractivity contribution in [2.24, 2.45) is 0 Å². The number of nitrogens with one attached hydrogen (secondary N) is 1. The second-order valence-corrected chi connectivity index (χ2v) is 8.45. The lowest BCUT2D eigenvalue weighted by molar-refractivity contribution is -0.125. The van der Waals surface area contributed by atoms with E-state index in [-0.39, 0.29) is 5.91 Å². The Morgan fingerprint density at radius 3 is 2.70 bits per heavy atom. The number of likely N-dealkylation sites (N-methyl/N-ethyl adjacent to an activating group) is 1. The van der Waals surface area contributed by atoms with E-state index in [0.717, 1.165) is 26.7 Å². The fourth-order valence-corrected chi connectivity index (χ4v) is 4.13. The normalized spacial score (nSPS) is 14.3. The van der Waals surface area contributed by atoms with Gasteiger partial charge in [0.2, 0.25) is 5.91 Å². The summed E-state index contributed by atoms with van der Waals surface area (Å²) in [5, 5.41) is 3.82. The number of nitrogens with zero attached hydrogens (tertiary/aromatic N) is 4. The molecule has 1 aliphatic rings. The van der Waals surface area contributed by atoms with Gasteiger partial charge in [0, 0.05) is 19.5 Å². The first-order chi connectivity index (χ1) is 13.0. The maximum atomic E-state index is 12.8. The van der Waals surface area contributed by atoms with Crippen LogP contribution in [0.2, 0.25) is 0 Å². The highest BCUT2D eigenvalue weighted by Crippen LogP contribution is 2.44. The molecule has 7 heteroatoms. The molecule has 140 valence electrons. The van der Waals surface area contributed by atoms with Gasteiger partial charge in [0.15, 0.2) is 10.8 Å². The first-order valence-electron chi connectivity index (χ1n) is 9.14. The van der Waals surface area contributed by atoms with E-state index in [1.54, 1.807) is 17.7 Å². The van der Waals surface area contributed by atoms with Gasteiger partial charge in [0.05, 0.1) is 10.4 Å². The highest BCUT2D eigenvalue weighted by molar-refractivity contribution is 7.22. The smallest absolute Gasteiger partial charge is 0.245 e. The second kappa shape index (κ2) is 6.88. The molecule has 0 unspecified atom stereocenters. The molecule has 1 amide bonds. The summed E-state index contributed by atoms with van der Waals surface area (Å²) in [5.74, 6) is 0.498. The highest BCUT2D eigenvalue weighted by Gasteiger charge is 2.35. The summed E-state index contributed by atoms with van der Waals surface area (Å²) in [6, 6.07) is 9.91. The molecule has 1 fully saturated rings. The standard InChI is InChI=1S/C20H23N5OS/c1-20(2,18(26)21-11-13-7-5-4-6-8-13)25(3)19-24-17-16(27-19)15(14-9-10-14)22-12-23-17/h4-8,12,14H,9-11H2,1-3H3,(H,21,26). The van der Waals surface area contributed by atoms with E-state index in [0.29, 0.717) is 12.5 Å². The van der Waals surface area contributed by atoms with Crippen molar-refractivity contribution in [3.63, 3.8) is 0 Å². The predicted molar refractivity (Wildman–Crippen MR) is 108 cm³/mol. The fraction of sp³-hybridized carbons (Fsp3) is 0.400. The molecule has 0 atom stereocenters. The SMILES string of the molecule is CN(c1nc2ncnc(C3CC3)c2s1)C(C)(C)C(=O)NCc1ccccc1. The number of aromatic nitrogens is 3. The largest absolute Gasteiger partial charge is 0.350 e. The minimum atomic E-state index is -0.740. The second-order valence-electron chi connectivity index (χ2n) is 7.47. The minimum Gasteiger partial charge on any atom is -0.350 e. The minimum absolute atomic E-state index is 0.0402. The van der Waals surface area contributed by atoms with Gasteiger partial charge in [-0.2, -0.15) is 4.98 Å². The van der Waals surface area contributed by atoms with Crippen molar-refractivity contribution < 1.29 is 4.79 Å². The van der Waals surface area contributed by atoms with Gasteiger partial charge < -0.3 is 10.2 Å². The summed E-state index contributed by atoms with van der Waals surface area (Å²) < 4.78 is 1.04. The molecule has 2 aromatic heterocycles. The molecule has 3 aromatic rings. The van der Waals surface area contributed by atoms with E-state index >= 15 is 0 Å². The Balaban J connectivity index is 1.53. The number of amides is 1. The van der Waals surface area contributed by atoms with Crippen LogP contribution in [0, 0.1) is 0 Å². The van der Waals surface area contributed by atoms with Crippen molar-refractivity contribution in [2.75, 3.05) is 11.9 Å². The number of carbonyl (C=O) groups excluding carboxylic acids is 1. The van der Waals surface area contributed by atoms with Crippen LogP contribution >= 0.6 is 11.3 Å². The van der Waals surface area contributed by atoms with Crippen LogP contribution in [0.1, 0.15) is 43.9 Å². The lowest BCUT2D eigenvalue weighted by Crippen LogP contribution is -2.53. The van der Waals surface area contributed by atoms with E-state index in [2.05, 4.69) is 20.3 Å². The van der Waals surface area contributed by atoms with Gasteiger partial charge in [-0.1, -0.05) is 41.7 Å². The van der Waals surface area contributed by atoms with E-state index < -0.39 is 5.54 Å². The molecule has 2 heterocycles. The Morgan fingerprint density at radius 2 is 2.00 bits per heavy atom. The van der Waals surface area contributed by atoms with Gasteiger partial charge in [0.25, 0.3) is 0 Å². The van der Waals surface area contributed by atoms with Crippen molar-refractivity contribution in [3.05, 3.63) is 47.9 Å². The average Bonchev–Trinajstić information content (AvgIpc) is 3.43. The summed E-state index contributed by atoms with van der Waals surface area (Å²) in [7, 11) is 1.91. The fourth-order valence-electron chi connectivity index (χ4n) is 2.94. The highest BCUT2D eigenvalue weighted by atomic mass is 32.1. The molecule has 27 heavy (non-hydrogen) atoms. The summed E-state index contributed by atoms with van der Waals surface area (Å²) >= 11 is 1.57. The molecule has 4 rings (SSSR count). The molecule has 1 saturated carbocycles. The molecule has 6 nitrogen and oxygen atoms in total. The van der Waals surface area contributed by atoms with Crippen LogP contribution in [0.3, 0.4) is 0 Å². The van der Waals surface area contributed by atoms with Crippen LogP contribution in [-0.4, -0.2) is 33.4 Å². The topological polar surface area (TPSA) is 71.0 Å². The van der Waals surface area contributed by atoms with Crippen LogP contribution in [0.4, 0.5) is 5.13 Å². The van der Waals surface area contributed by atoms with Gasteiger partial charge in [0.1, 0.15) is 11.9 Å². The zero-order chi connectivity index (χ0) is 19.0. The average molecular weight is 382 g/mol. The maximum absolute atomic E-state index is 12.8. The molecule has 1 N–H and O–H groups in total. The number of anilines is 1. The van der Waals surface area contributed by atoms with Crippen LogP contribution in [0.5, 0.6) is 0 Å². The molecule has 0 bridgehead atoms. The molecule has 0 radical (unpaired) electrons. The Hall–Kier alpha value is -2.54. The Morgan fingerprint density at radius 1 is 1.26 bits per heavy atom. The van der Waals surface area contributed by atoms with E-state index in [1.165, 1.54) is 12.8 Å². The third-order valence-electron chi connectivity index (χ3n) is 5.15. The summed E-state index contributed by atoms with van der Waals surface area (Å²) in [6.45, 7) is 4.33. The quantitative estimate of drug-likeness (QED) is 0.708. The zero-order valence-electron chi connectivity index (χ0n) is 15.8. The van der Waals surface area contributed by atoms with Crippen LogP contribution in [-0.2, 0) is 11.3 Å². The van der Waals surface area contributed by atoms with Crippen LogP contribution in [0.25, 0.3) is 10.3 Å². The molecular weight excluding hydrogens is 358 g/mol. The van der Waals surface area contributed by atoms with E-state index in [1.807, 2.05) is 56.1 Å². The van der Waals surface area contributed by atoms with Gasteiger partial charge in [-0.05, 0) is 32.3 Å². The number of thiazole rings is 1. The van der Waals surface area contributed by atoms with Crippen molar-refractivity contribution in [1.29, 1.82) is 0 Å². The maximum Gasteiger partial charge on any atom is 0.245 e. The number of benzene rings is 1. The Kier molecular flexibility index (Phi) is 4.55. The van der Waals surface area contributed by atoms with Crippen LogP contribution < -0.4 is 10.2 Å². The first kappa shape index (κ1) is 17.9. The van der Waals surface area contributed by atoms with Gasteiger partial charge in [-0.25, -0.2) is 9.97 Å². The third kappa shape index (κ3) is 3.51. The summed E-state index contributed by atoms with van der Waals surface area (Å²) in [4.78, 5) is 28.2. The Labute approximate surface area is 162 Å².